The van der Waals surface area contributed by atoms with Crippen molar-refractivity contribution in [3.63, 3.8) is 0 Å². The summed E-state index contributed by atoms with van der Waals surface area (Å²) in [4.78, 5) is 12.1. The van der Waals surface area contributed by atoms with Gasteiger partial charge in [-0.25, -0.2) is 8.78 Å². The van der Waals surface area contributed by atoms with Crippen molar-refractivity contribution in [2.24, 2.45) is 0 Å². The quantitative estimate of drug-likeness (QED) is 0.785. The van der Waals surface area contributed by atoms with E-state index in [1.165, 1.54) is 6.07 Å². The molecule has 0 saturated carbocycles. The molecule has 0 radical (unpaired) electrons. The standard InChI is InChI=1S/C18H14BrF2NO2/c19-11-4-6-17-13(10-11)16(8-9-24-17)22-18(23)7-5-12-14(20)2-1-3-15(12)21/h1-7,10,16H,8-9H2,(H,22,23)/b7-5+. The van der Waals surface area contributed by atoms with Crippen LogP contribution in [0.2, 0.25) is 0 Å². The van der Waals surface area contributed by atoms with Gasteiger partial charge in [-0.1, -0.05) is 22.0 Å². The number of fused-ring (bicyclic) bond motifs is 1. The van der Waals surface area contributed by atoms with E-state index in [4.69, 9.17) is 4.74 Å². The van der Waals surface area contributed by atoms with E-state index in [9.17, 15) is 13.6 Å². The van der Waals surface area contributed by atoms with E-state index in [-0.39, 0.29) is 11.6 Å². The van der Waals surface area contributed by atoms with Crippen LogP contribution in [0.5, 0.6) is 5.75 Å². The molecule has 124 valence electrons. The number of ether oxygens (including phenoxy) is 1. The van der Waals surface area contributed by atoms with Crippen LogP contribution in [-0.4, -0.2) is 12.5 Å². The van der Waals surface area contributed by atoms with E-state index >= 15 is 0 Å². The van der Waals surface area contributed by atoms with Gasteiger partial charge in [-0.3, -0.25) is 4.79 Å². The molecule has 1 atom stereocenters. The molecule has 1 amide bonds. The van der Waals surface area contributed by atoms with Gasteiger partial charge in [0.15, 0.2) is 0 Å². The fraction of sp³-hybridized carbons (Fsp3) is 0.167. The lowest BCUT2D eigenvalue weighted by atomic mass is 10.0. The number of carbonyl (C=O) groups excluding carboxylic acids is 1. The molecule has 0 bridgehead atoms. The minimum atomic E-state index is -0.709. The maximum Gasteiger partial charge on any atom is 0.244 e. The Balaban J connectivity index is 1.75. The number of nitrogens with one attached hydrogen (secondary N) is 1. The maximum atomic E-state index is 13.6. The summed E-state index contributed by atoms with van der Waals surface area (Å²) in [6.45, 7) is 0.491. The van der Waals surface area contributed by atoms with Crippen LogP contribution in [0.1, 0.15) is 23.6 Å². The highest BCUT2D eigenvalue weighted by molar-refractivity contribution is 9.10. The summed E-state index contributed by atoms with van der Waals surface area (Å²) in [5.41, 5.74) is 0.636. The first-order valence-corrected chi connectivity index (χ1v) is 8.19. The van der Waals surface area contributed by atoms with Crippen molar-refractivity contribution in [2.75, 3.05) is 6.61 Å². The molecular formula is C18H14BrF2NO2. The molecule has 24 heavy (non-hydrogen) atoms. The zero-order valence-corrected chi connectivity index (χ0v) is 14.1. The van der Waals surface area contributed by atoms with Gasteiger partial charge in [0, 0.05) is 28.1 Å². The largest absolute Gasteiger partial charge is 0.493 e. The Morgan fingerprint density at radius 3 is 2.75 bits per heavy atom. The van der Waals surface area contributed by atoms with Crippen molar-refractivity contribution in [3.8, 4) is 5.75 Å². The molecule has 0 aromatic heterocycles. The minimum Gasteiger partial charge on any atom is -0.493 e. The van der Waals surface area contributed by atoms with Crippen LogP contribution < -0.4 is 10.1 Å². The number of hydrogen-bond acceptors (Lipinski definition) is 2. The molecule has 1 aliphatic rings. The Kier molecular flexibility index (Phi) is 4.94. The van der Waals surface area contributed by atoms with Crippen LogP contribution in [0.15, 0.2) is 46.9 Å². The van der Waals surface area contributed by atoms with E-state index in [1.807, 2.05) is 18.2 Å². The van der Waals surface area contributed by atoms with Gasteiger partial charge >= 0.3 is 0 Å². The second-order valence-electron chi connectivity index (χ2n) is 5.35. The lowest BCUT2D eigenvalue weighted by Crippen LogP contribution is -2.31. The van der Waals surface area contributed by atoms with Crippen LogP contribution in [0.4, 0.5) is 8.78 Å². The van der Waals surface area contributed by atoms with Crippen LogP contribution in [0, 0.1) is 11.6 Å². The van der Waals surface area contributed by atoms with E-state index in [0.29, 0.717) is 13.0 Å². The third-order valence-corrected chi connectivity index (χ3v) is 4.22. The third-order valence-electron chi connectivity index (χ3n) is 3.73. The van der Waals surface area contributed by atoms with Gasteiger partial charge in [0.1, 0.15) is 17.4 Å². The van der Waals surface area contributed by atoms with E-state index in [0.717, 1.165) is 40.1 Å². The predicted octanol–water partition coefficient (Wildman–Crippen LogP) is 4.38. The monoisotopic (exact) mass is 393 g/mol. The summed E-state index contributed by atoms with van der Waals surface area (Å²) in [6, 6.07) is 8.94. The molecule has 0 fully saturated rings. The minimum absolute atomic E-state index is 0.214. The molecule has 6 heteroatoms. The van der Waals surface area contributed by atoms with Crippen molar-refractivity contribution < 1.29 is 18.3 Å². The zero-order valence-electron chi connectivity index (χ0n) is 12.6. The van der Waals surface area contributed by atoms with Crippen LogP contribution in [-0.2, 0) is 4.79 Å². The van der Waals surface area contributed by atoms with Crippen molar-refractivity contribution in [1.29, 1.82) is 0 Å². The topological polar surface area (TPSA) is 38.3 Å². The van der Waals surface area contributed by atoms with E-state index < -0.39 is 17.5 Å². The first-order valence-electron chi connectivity index (χ1n) is 7.39. The molecular weight excluding hydrogens is 380 g/mol. The van der Waals surface area contributed by atoms with Gasteiger partial charge in [-0.15, -0.1) is 0 Å². The molecule has 1 unspecified atom stereocenters. The normalized spacial score (nSPS) is 16.5. The van der Waals surface area contributed by atoms with E-state index in [1.54, 1.807) is 0 Å². The highest BCUT2D eigenvalue weighted by Crippen LogP contribution is 2.34. The molecule has 0 aliphatic carbocycles. The summed E-state index contributed by atoms with van der Waals surface area (Å²) in [6.07, 6.45) is 2.90. The summed E-state index contributed by atoms with van der Waals surface area (Å²) in [7, 11) is 0. The summed E-state index contributed by atoms with van der Waals surface area (Å²) in [5, 5.41) is 2.84. The number of halogens is 3. The molecule has 1 N–H and O–H groups in total. The number of carbonyl (C=O) groups is 1. The fourth-order valence-corrected chi connectivity index (χ4v) is 2.94. The Morgan fingerprint density at radius 2 is 2.00 bits per heavy atom. The number of amides is 1. The Hall–Kier alpha value is -2.21. The summed E-state index contributed by atoms with van der Waals surface area (Å²) < 4.78 is 33.6. The number of rotatable bonds is 3. The van der Waals surface area contributed by atoms with Gasteiger partial charge in [0.25, 0.3) is 0 Å². The first kappa shape index (κ1) is 16.6. The molecule has 1 heterocycles. The van der Waals surface area contributed by atoms with E-state index in [2.05, 4.69) is 21.2 Å². The second-order valence-corrected chi connectivity index (χ2v) is 6.26. The Morgan fingerprint density at radius 1 is 1.25 bits per heavy atom. The average Bonchev–Trinajstić information content (AvgIpc) is 2.55. The smallest absolute Gasteiger partial charge is 0.244 e. The lowest BCUT2D eigenvalue weighted by Gasteiger charge is -2.26. The van der Waals surface area contributed by atoms with Gasteiger partial charge in [0.2, 0.25) is 5.91 Å². The lowest BCUT2D eigenvalue weighted by molar-refractivity contribution is -0.117. The van der Waals surface area contributed by atoms with Crippen LogP contribution >= 0.6 is 15.9 Å². The highest BCUT2D eigenvalue weighted by atomic mass is 79.9. The molecule has 2 aromatic carbocycles. The summed E-state index contributed by atoms with van der Waals surface area (Å²) >= 11 is 3.40. The average molecular weight is 394 g/mol. The van der Waals surface area contributed by atoms with Gasteiger partial charge in [-0.05, 0) is 36.4 Å². The predicted molar refractivity (Wildman–Crippen MR) is 90.5 cm³/mol. The molecule has 1 aliphatic heterocycles. The molecule has 3 nitrogen and oxygen atoms in total. The Labute approximate surface area is 146 Å². The van der Waals surface area contributed by atoms with Crippen molar-refractivity contribution in [1.82, 2.24) is 5.32 Å². The molecule has 0 saturated heterocycles. The van der Waals surface area contributed by atoms with Crippen LogP contribution in [0.3, 0.4) is 0 Å². The van der Waals surface area contributed by atoms with Gasteiger partial charge in [0.05, 0.1) is 12.6 Å². The van der Waals surface area contributed by atoms with Crippen molar-refractivity contribution in [2.45, 2.75) is 12.5 Å². The third kappa shape index (κ3) is 3.64. The Bertz CT molecular complexity index is 787. The summed E-state index contributed by atoms with van der Waals surface area (Å²) in [5.74, 6) is -1.12. The molecule has 0 spiro atoms. The van der Waals surface area contributed by atoms with Crippen LogP contribution in [0.25, 0.3) is 6.08 Å². The first-order chi connectivity index (χ1) is 11.5. The number of hydrogen-bond donors (Lipinski definition) is 1. The number of benzene rings is 2. The van der Waals surface area contributed by atoms with Gasteiger partial charge < -0.3 is 10.1 Å². The molecule has 3 rings (SSSR count). The second kappa shape index (κ2) is 7.13. The SMILES string of the molecule is O=C(/C=C/c1c(F)cccc1F)NC1CCOc2ccc(Br)cc21. The maximum absolute atomic E-state index is 13.6. The van der Waals surface area contributed by atoms with Crippen molar-refractivity contribution >= 4 is 27.9 Å². The molecule has 2 aromatic rings. The highest BCUT2D eigenvalue weighted by Gasteiger charge is 2.22. The zero-order chi connectivity index (χ0) is 17.1. The fourth-order valence-electron chi connectivity index (χ4n) is 2.56. The van der Waals surface area contributed by atoms with Gasteiger partial charge in [-0.2, -0.15) is 0 Å². The van der Waals surface area contributed by atoms with Crippen molar-refractivity contribution in [3.05, 3.63) is 69.7 Å².